The van der Waals surface area contributed by atoms with E-state index in [-0.39, 0.29) is 24.7 Å². The first-order chi connectivity index (χ1) is 13.1. The van der Waals surface area contributed by atoms with Crippen LogP contribution >= 0.6 is 0 Å². The van der Waals surface area contributed by atoms with Gasteiger partial charge in [0.25, 0.3) is 0 Å². The Bertz CT molecular complexity index is 1080. The molecule has 138 valence electrons. The highest BCUT2D eigenvalue weighted by Gasteiger charge is 2.17. The van der Waals surface area contributed by atoms with Gasteiger partial charge in [0.2, 0.25) is 12.4 Å². The van der Waals surface area contributed by atoms with Gasteiger partial charge < -0.3 is 23.3 Å². The number of rotatable bonds is 5. The number of hydrogen-bond acceptors (Lipinski definition) is 5. The van der Waals surface area contributed by atoms with Crippen molar-refractivity contribution in [3.63, 3.8) is 0 Å². The van der Waals surface area contributed by atoms with Gasteiger partial charge in [-0.2, -0.15) is 0 Å². The molecule has 1 aromatic heterocycles. The molecule has 27 heavy (non-hydrogen) atoms. The highest BCUT2D eigenvalue weighted by molar-refractivity contribution is 5.96. The maximum Gasteiger partial charge on any atom is 0.231 e. The maximum absolute atomic E-state index is 12.6. The lowest BCUT2D eigenvalue weighted by atomic mass is 10.1. The fraction of sp³-hybridized carbons (Fsp3) is 0.200. The largest absolute Gasteiger partial charge is 0.497 e. The van der Waals surface area contributed by atoms with E-state index >= 15 is 0 Å². The molecule has 0 unspecified atom stereocenters. The molecule has 7 heteroatoms. The number of imidazole rings is 1. The molecule has 4 rings (SSSR count). The van der Waals surface area contributed by atoms with Gasteiger partial charge in [-0.15, -0.1) is 0 Å². The van der Waals surface area contributed by atoms with E-state index in [2.05, 4.69) is 0 Å². The second kappa shape index (κ2) is 6.68. The number of nitrogens with zero attached hydrogens (tertiary/aromatic N) is 2. The van der Waals surface area contributed by atoms with E-state index in [4.69, 9.17) is 19.6 Å². The van der Waals surface area contributed by atoms with Crippen molar-refractivity contribution in [2.75, 3.05) is 13.9 Å². The molecule has 0 fully saturated rings. The highest BCUT2D eigenvalue weighted by atomic mass is 16.7. The van der Waals surface area contributed by atoms with E-state index in [1.165, 1.54) is 0 Å². The van der Waals surface area contributed by atoms with Gasteiger partial charge in [0.05, 0.1) is 19.3 Å². The molecule has 2 aromatic carbocycles. The second-order valence-electron chi connectivity index (χ2n) is 6.25. The third kappa shape index (κ3) is 3.08. The number of Topliss-reactive ketones (excluding diaryl/α,β-unsaturated/α-hetero) is 1. The molecule has 0 spiro atoms. The minimum absolute atomic E-state index is 0.0738. The molecule has 1 aliphatic rings. The number of methoxy groups -OCH3 is 1. The van der Waals surface area contributed by atoms with Crippen molar-refractivity contribution in [1.82, 2.24) is 9.13 Å². The van der Waals surface area contributed by atoms with Crippen LogP contribution in [0.1, 0.15) is 10.4 Å². The van der Waals surface area contributed by atoms with Crippen LogP contribution in [0.3, 0.4) is 0 Å². The molecule has 3 aromatic rings. The van der Waals surface area contributed by atoms with Crippen molar-refractivity contribution in [3.8, 4) is 28.5 Å². The Morgan fingerprint density at radius 1 is 1.19 bits per heavy atom. The van der Waals surface area contributed by atoms with Crippen molar-refractivity contribution in [1.29, 1.82) is 5.41 Å². The summed E-state index contributed by atoms with van der Waals surface area (Å²) in [5.41, 5.74) is 2.49. The molecule has 1 N–H and O–H groups in total. The fourth-order valence-electron chi connectivity index (χ4n) is 3.09. The second-order valence-corrected chi connectivity index (χ2v) is 6.25. The van der Waals surface area contributed by atoms with Crippen LogP contribution in [0.15, 0.2) is 48.7 Å². The maximum atomic E-state index is 12.6. The SMILES string of the molecule is COc1cccc(C(=O)Cn2cc(-c3ccc4c(c3)OCO4)n(C)c2=N)c1. The minimum atomic E-state index is -0.0877. The number of carbonyl (C=O) groups is 1. The van der Waals surface area contributed by atoms with E-state index in [9.17, 15) is 4.79 Å². The average molecular weight is 365 g/mol. The Morgan fingerprint density at radius 2 is 2.00 bits per heavy atom. The number of carbonyl (C=O) groups excluding carboxylic acids is 1. The third-order valence-electron chi connectivity index (χ3n) is 4.60. The first-order valence-electron chi connectivity index (χ1n) is 8.45. The van der Waals surface area contributed by atoms with Crippen LogP contribution in [0.25, 0.3) is 11.3 Å². The summed E-state index contributed by atoms with van der Waals surface area (Å²) in [5.74, 6) is 1.93. The first kappa shape index (κ1) is 17.0. The van der Waals surface area contributed by atoms with E-state index < -0.39 is 0 Å². The van der Waals surface area contributed by atoms with Crippen LogP contribution in [0.2, 0.25) is 0 Å². The monoisotopic (exact) mass is 365 g/mol. The summed E-state index contributed by atoms with van der Waals surface area (Å²) in [6, 6.07) is 12.7. The standard InChI is InChI=1S/C20H19N3O4/c1-22-16(13-6-7-18-19(9-13)27-12-26-18)10-23(20(22)21)11-17(24)14-4-3-5-15(8-14)25-2/h3-10,21H,11-12H2,1-2H3. The van der Waals surface area contributed by atoms with Crippen molar-refractivity contribution in [2.24, 2.45) is 7.05 Å². The predicted molar refractivity (Wildman–Crippen MR) is 98.1 cm³/mol. The Kier molecular flexibility index (Phi) is 4.19. The molecule has 0 bridgehead atoms. The lowest BCUT2D eigenvalue weighted by molar-refractivity contribution is 0.0970. The molecular weight excluding hydrogens is 346 g/mol. The molecule has 0 radical (unpaired) electrons. The van der Waals surface area contributed by atoms with Crippen LogP contribution < -0.4 is 19.8 Å². The Balaban J connectivity index is 1.64. The topological polar surface area (TPSA) is 78.5 Å². The van der Waals surface area contributed by atoms with Gasteiger partial charge in [-0.3, -0.25) is 10.2 Å². The first-order valence-corrected chi connectivity index (χ1v) is 8.45. The lowest BCUT2D eigenvalue weighted by Crippen LogP contribution is -2.25. The van der Waals surface area contributed by atoms with Gasteiger partial charge in [-0.25, -0.2) is 0 Å². The molecule has 0 amide bonds. The summed E-state index contributed by atoms with van der Waals surface area (Å²) in [4.78, 5) is 12.6. The lowest BCUT2D eigenvalue weighted by Gasteiger charge is -2.04. The summed E-state index contributed by atoms with van der Waals surface area (Å²) in [7, 11) is 3.36. The number of benzene rings is 2. The van der Waals surface area contributed by atoms with Gasteiger partial charge in [0, 0.05) is 24.4 Å². The van der Waals surface area contributed by atoms with Gasteiger partial charge in [-0.05, 0) is 30.3 Å². The van der Waals surface area contributed by atoms with Gasteiger partial charge in [0.15, 0.2) is 17.3 Å². The van der Waals surface area contributed by atoms with Crippen LogP contribution in [0, 0.1) is 5.41 Å². The number of fused-ring (bicyclic) bond motifs is 1. The number of nitrogens with one attached hydrogen (secondary N) is 1. The van der Waals surface area contributed by atoms with E-state index in [1.807, 2.05) is 18.2 Å². The van der Waals surface area contributed by atoms with Crippen LogP contribution in [-0.2, 0) is 13.6 Å². The summed E-state index contributed by atoms with van der Waals surface area (Å²) < 4.78 is 19.3. The summed E-state index contributed by atoms with van der Waals surface area (Å²) in [6.45, 7) is 0.287. The molecule has 0 saturated carbocycles. The van der Waals surface area contributed by atoms with E-state index in [0.717, 1.165) is 11.3 Å². The number of ketones is 1. The normalized spacial score (nSPS) is 12.2. The molecule has 0 aliphatic carbocycles. The number of hydrogen-bond donors (Lipinski definition) is 1. The Labute approximate surface area is 155 Å². The molecule has 2 heterocycles. The molecule has 0 saturated heterocycles. The zero-order valence-electron chi connectivity index (χ0n) is 15.1. The number of ether oxygens (including phenoxy) is 3. The molecule has 1 aliphatic heterocycles. The zero-order valence-corrected chi connectivity index (χ0v) is 15.1. The van der Waals surface area contributed by atoms with Crippen molar-refractivity contribution in [3.05, 3.63) is 59.8 Å². The van der Waals surface area contributed by atoms with Crippen molar-refractivity contribution in [2.45, 2.75) is 6.54 Å². The molecule has 7 nitrogen and oxygen atoms in total. The smallest absolute Gasteiger partial charge is 0.231 e. The quantitative estimate of drug-likeness (QED) is 0.705. The predicted octanol–water partition coefficient (Wildman–Crippen LogP) is 2.59. The van der Waals surface area contributed by atoms with E-state index in [1.54, 1.807) is 53.8 Å². The molecular formula is C20H19N3O4. The van der Waals surface area contributed by atoms with Crippen LogP contribution in [0.5, 0.6) is 17.2 Å². The molecule has 0 atom stereocenters. The van der Waals surface area contributed by atoms with Crippen LogP contribution in [0.4, 0.5) is 0 Å². The number of aromatic nitrogens is 2. The minimum Gasteiger partial charge on any atom is -0.497 e. The fourth-order valence-corrected chi connectivity index (χ4v) is 3.09. The average Bonchev–Trinajstić information content (AvgIpc) is 3.27. The summed E-state index contributed by atoms with van der Waals surface area (Å²) >= 11 is 0. The third-order valence-corrected chi connectivity index (χ3v) is 4.60. The van der Waals surface area contributed by atoms with E-state index in [0.29, 0.717) is 22.8 Å². The van der Waals surface area contributed by atoms with Crippen molar-refractivity contribution < 1.29 is 19.0 Å². The Hall–Kier alpha value is -3.48. The Morgan fingerprint density at radius 3 is 2.81 bits per heavy atom. The van der Waals surface area contributed by atoms with Gasteiger partial charge in [-0.1, -0.05) is 12.1 Å². The summed E-state index contributed by atoms with van der Waals surface area (Å²) in [5, 5.41) is 8.35. The van der Waals surface area contributed by atoms with Gasteiger partial charge >= 0.3 is 0 Å². The zero-order chi connectivity index (χ0) is 19.0. The summed E-state index contributed by atoms with van der Waals surface area (Å²) in [6.07, 6.45) is 1.80. The van der Waals surface area contributed by atoms with Crippen LogP contribution in [-0.4, -0.2) is 28.8 Å². The van der Waals surface area contributed by atoms with Gasteiger partial charge in [0.1, 0.15) is 5.75 Å². The van der Waals surface area contributed by atoms with Crippen molar-refractivity contribution >= 4 is 5.78 Å². The highest BCUT2D eigenvalue weighted by Crippen LogP contribution is 2.35.